The van der Waals surface area contributed by atoms with E-state index in [-0.39, 0.29) is 49.4 Å². The van der Waals surface area contributed by atoms with Crippen LogP contribution in [0.15, 0.2) is 48.5 Å². The zero-order chi connectivity index (χ0) is 29.3. The third kappa shape index (κ3) is 5.69. The summed E-state index contributed by atoms with van der Waals surface area (Å²) in [5.74, 6) is -0.270. The van der Waals surface area contributed by atoms with E-state index in [1.54, 1.807) is 50.2 Å². The number of fused-ring (bicyclic) bond motifs is 1. The number of carbonyl (C=O) groups is 4. The number of amides is 4. The first kappa shape index (κ1) is 27.6. The lowest BCUT2D eigenvalue weighted by molar-refractivity contribution is -0.136. The number of rotatable bonds is 7. The second-order valence-electron chi connectivity index (χ2n) is 9.88. The van der Waals surface area contributed by atoms with Gasteiger partial charge in [0, 0.05) is 24.2 Å². The van der Waals surface area contributed by atoms with E-state index in [4.69, 9.17) is 14.2 Å². The SMILES string of the molecule is COc1c(COC(=O)Nc2ccc(Oc3ccc(F)cc3C)cc2C)ccc2c1C(=O)N(C1CCC(=O)NC1=O)C2. The van der Waals surface area contributed by atoms with E-state index in [2.05, 4.69) is 10.6 Å². The van der Waals surface area contributed by atoms with Gasteiger partial charge in [-0.2, -0.15) is 0 Å². The summed E-state index contributed by atoms with van der Waals surface area (Å²) >= 11 is 0. The number of nitrogens with zero attached hydrogens (tertiary/aromatic N) is 1. The Bertz CT molecular complexity index is 1570. The fourth-order valence-electron chi connectivity index (χ4n) is 4.99. The van der Waals surface area contributed by atoms with Crippen LogP contribution < -0.4 is 20.1 Å². The van der Waals surface area contributed by atoms with Crippen molar-refractivity contribution in [2.75, 3.05) is 12.4 Å². The highest BCUT2D eigenvalue weighted by Crippen LogP contribution is 2.36. The summed E-state index contributed by atoms with van der Waals surface area (Å²) in [6.07, 6.45) is -0.304. The first-order valence-electron chi connectivity index (χ1n) is 13.0. The fraction of sp³-hybridized carbons (Fsp3) is 0.267. The van der Waals surface area contributed by atoms with Gasteiger partial charge >= 0.3 is 6.09 Å². The number of aryl methyl sites for hydroxylation is 2. The predicted molar refractivity (Wildman–Crippen MR) is 145 cm³/mol. The van der Waals surface area contributed by atoms with Gasteiger partial charge in [0.15, 0.2) is 0 Å². The molecule has 0 spiro atoms. The lowest BCUT2D eigenvalue weighted by Gasteiger charge is -2.29. The molecule has 2 aliphatic rings. The van der Waals surface area contributed by atoms with Crippen molar-refractivity contribution in [3.05, 3.63) is 82.2 Å². The van der Waals surface area contributed by atoms with Gasteiger partial charge in [0.25, 0.3) is 5.91 Å². The van der Waals surface area contributed by atoms with E-state index in [1.807, 2.05) is 0 Å². The van der Waals surface area contributed by atoms with Gasteiger partial charge in [-0.15, -0.1) is 0 Å². The van der Waals surface area contributed by atoms with E-state index in [9.17, 15) is 23.6 Å². The molecule has 3 aromatic rings. The maximum absolute atomic E-state index is 13.4. The second-order valence-corrected chi connectivity index (χ2v) is 9.88. The first-order chi connectivity index (χ1) is 19.6. The monoisotopic (exact) mass is 561 g/mol. The van der Waals surface area contributed by atoms with E-state index < -0.39 is 18.0 Å². The van der Waals surface area contributed by atoms with Crippen molar-refractivity contribution in [2.45, 2.75) is 45.9 Å². The van der Waals surface area contributed by atoms with E-state index in [0.29, 0.717) is 45.0 Å². The number of hydrogen-bond donors (Lipinski definition) is 2. The van der Waals surface area contributed by atoms with Crippen LogP contribution in [0.4, 0.5) is 14.9 Å². The third-order valence-corrected chi connectivity index (χ3v) is 7.09. The van der Waals surface area contributed by atoms with Crippen LogP contribution >= 0.6 is 0 Å². The molecule has 1 atom stereocenters. The van der Waals surface area contributed by atoms with Crippen LogP contribution in [-0.2, 0) is 27.5 Å². The van der Waals surface area contributed by atoms with Crippen molar-refractivity contribution in [3.63, 3.8) is 0 Å². The van der Waals surface area contributed by atoms with Crippen LogP contribution in [0.25, 0.3) is 0 Å². The molecule has 4 amide bonds. The van der Waals surface area contributed by atoms with Crippen LogP contribution in [0.3, 0.4) is 0 Å². The van der Waals surface area contributed by atoms with Gasteiger partial charge in [-0.25, -0.2) is 9.18 Å². The molecule has 10 nitrogen and oxygen atoms in total. The topological polar surface area (TPSA) is 123 Å². The summed E-state index contributed by atoms with van der Waals surface area (Å²) < 4.78 is 30.2. The van der Waals surface area contributed by atoms with Crippen LogP contribution in [0.5, 0.6) is 17.2 Å². The molecule has 0 aliphatic carbocycles. The summed E-state index contributed by atoms with van der Waals surface area (Å²) in [5, 5.41) is 4.97. The molecule has 0 bridgehead atoms. The molecule has 1 fully saturated rings. The van der Waals surface area contributed by atoms with Crippen molar-refractivity contribution in [1.29, 1.82) is 0 Å². The Morgan fingerprint density at radius 2 is 1.88 bits per heavy atom. The zero-order valence-corrected chi connectivity index (χ0v) is 22.7. The minimum absolute atomic E-state index is 0.158. The highest BCUT2D eigenvalue weighted by molar-refractivity contribution is 6.06. The first-order valence-corrected chi connectivity index (χ1v) is 13.0. The van der Waals surface area contributed by atoms with Crippen molar-refractivity contribution in [3.8, 4) is 17.2 Å². The van der Waals surface area contributed by atoms with Crippen molar-refractivity contribution < 1.29 is 37.8 Å². The molecule has 1 unspecified atom stereocenters. The largest absolute Gasteiger partial charge is 0.495 e. The van der Waals surface area contributed by atoms with Gasteiger partial charge in [-0.05, 0) is 73.4 Å². The average molecular weight is 562 g/mol. The summed E-state index contributed by atoms with van der Waals surface area (Å²) in [5.41, 5.74) is 3.35. The number of nitrogens with one attached hydrogen (secondary N) is 2. The summed E-state index contributed by atoms with van der Waals surface area (Å²) in [6.45, 7) is 3.58. The predicted octanol–water partition coefficient (Wildman–Crippen LogP) is 4.75. The molecular formula is C30H28FN3O7. The lowest BCUT2D eigenvalue weighted by atomic mass is 10.0. The Morgan fingerprint density at radius 1 is 1.07 bits per heavy atom. The lowest BCUT2D eigenvalue weighted by Crippen LogP contribution is -2.52. The number of imide groups is 1. The smallest absolute Gasteiger partial charge is 0.411 e. The Balaban J connectivity index is 1.23. The molecule has 212 valence electrons. The molecule has 2 N–H and O–H groups in total. The minimum atomic E-state index is -0.748. The quantitative estimate of drug-likeness (QED) is 0.399. The average Bonchev–Trinajstić information content (AvgIpc) is 3.26. The van der Waals surface area contributed by atoms with Crippen LogP contribution in [-0.4, -0.2) is 41.9 Å². The molecule has 41 heavy (non-hydrogen) atoms. The number of hydrogen-bond acceptors (Lipinski definition) is 7. The van der Waals surface area contributed by atoms with Crippen LogP contribution in [0.2, 0.25) is 0 Å². The van der Waals surface area contributed by atoms with Gasteiger partial charge in [0.1, 0.15) is 35.7 Å². The Kier molecular flexibility index (Phi) is 7.60. The number of carbonyl (C=O) groups excluding carboxylic acids is 4. The number of ether oxygens (including phenoxy) is 3. The van der Waals surface area contributed by atoms with Gasteiger partial charge in [-0.3, -0.25) is 25.0 Å². The minimum Gasteiger partial charge on any atom is -0.495 e. The Morgan fingerprint density at radius 3 is 2.59 bits per heavy atom. The molecule has 2 aliphatic heterocycles. The zero-order valence-electron chi connectivity index (χ0n) is 22.7. The summed E-state index contributed by atoms with van der Waals surface area (Å²) in [7, 11) is 1.42. The second kappa shape index (κ2) is 11.3. The molecule has 11 heteroatoms. The number of piperidine rings is 1. The molecule has 3 aromatic carbocycles. The fourth-order valence-corrected chi connectivity index (χ4v) is 4.99. The standard InChI is InChI=1S/C30H28FN3O7/c1-16-13-21(41-24-10-6-20(31)12-17(24)2)7-8-22(16)32-30(38)40-15-19-5-4-18-14-34(29(37)26(18)27(19)39-3)23-9-11-25(35)33-28(23)36/h4-8,10,12-13,23H,9,11,14-15H2,1-3H3,(H,32,38)(H,33,35,36). The number of halogens is 1. The number of anilines is 1. The maximum Gasteiger partial charge on any atom is 0.411 e. The van der Waals surface area contributed by atoms with E-state index in [0.717, 1.165) is 0 Å². The number of methoxy groups -OCH3 is 1. The molecule has 1 saturated heterocycles. The van der Waals surface area contributed by atoms with Crippen molar-refractivity contribution in [2.24, 2.45) is 0 Å². The van der Waals surface area contributed by atoms with E-state index in [1.165, 1.54) is 24.1 Å². The molecule has 2 heterocycles. The Labute approximate surface area is 235 Å². The molecule has 0 aromatic heterocycles. The van der Waals surface area contributed by atoms with E-state index >= 15 is 0 Å². The molecular weight excluding hydrogens is 533 g/mol. The Hall–Kier alpha value is -4.93. The van der Waals surface area contributed by atoms with Gasteiger partial charge < -0.3 is 19.1 Å². The highest BCUT2D eigenvalue weighted by atomic mass is 19.1. The normalized spacial score (nSPS) is 16.2. The summed E-state index contributed by atoms with van der Waals surface area (Å²) in [6, 6.07) is 12.0. The highest BCUT2D eigenvalue weighted by Gasteiger charge is 2.41. The van der Waals surface area contributed by atoms with Gasteiger partial charge in [0.2, 0.25) is 11.8 Å². The van der Waals surface area contributed by atoms with Crippen LogP contribution in [0, 0.1) is 19.7 Å². The molecule has 5 rings (SSSR count). The maximum atomic E-state index is 13.4. The van der Waals surface area contributed by atoms with Gasteiger partial charge in [-0.1, -0.05) is 12.1 Å². The molecule has 0 radical (unpaired) electrons. The molecule has 0 saturated carbocycles. The van der Waals surface area contributed by atoms with Crippen LogP contribution in [0.1, 0.15) is 45.5 Å². The third-order valence-electron chi connectivity index (χ3n) is 7.09. The summed E-state index contributed by atoms with van der Waals surface area (Å²) in [4.78, 5) is 51.2. The van der Waals surface area contributed by atoms with Crippen molar-refractivity contribution in [1.82, 2.24) is 10.2 Å². The van der Waals surface area contributed by atoms with Crippen molar-refractivity contribution >= 4 is 29.5 Å². The number of benzene rings is 3. The van der Waals surface area contributed by atoms with Gasteiger partial charge in [0.05, 0.1) is 12.7 Å².